The van der Waals surface area contributed by atoms with Gasteiger partial charge in [0.05, 0.1) is 0 Å². The number of nitrogens with one attached hydrogen (secondary N) is 1. The molecule has 1 unspecified atom stereocenters. The van der Waals surface area contributed by atoms with Gasteiger partial charge in [-0.05, 0) is 25.3 Å². The Bertz CT molecular complexity index is 453. The van der Waals surface area contributed by atoms with E-state index in [2.05, 4.69) is 48.4 Å². The third kappa shape index (κ3) is 6.24. The van der Waals surface area contributed by atoms with E-state index in [4.69, 9.17) is 5.73 Å². The summed E-state index contributed by atoms with van der Waals surface area (Å²) in [4.78, 5) is 4.51. The maximum atomic E-state index is 6.00. The van der Waals surface area contributed by atoms with Gasteiger partial charge < -0.3 is 11.1 Å². The van der Waals surface area contributed by atoms with E-state index in [1.54, 1.807) is 0 Å². The quantitative estimate of drug-likeness (QED) is 0.456. The molecular weight excluding hydrogens is 373 g/mol. The first-order valence-corrected chi connectivity index (χ1v) is 7.78. The first-order valence-electron chi connectivity index (χ1n) is 7.78. The van der Waals surface area contributed by atoms with Crippen LogP contribution < -0.4 is 11.1 Å². The molecular formula is C17H28IN3. The number of halogens is 1. The molecule has 0 bridgehead atoms. The number of aryl methyl sites for hydroxylation is 1. The number of benzene rings is 1. The summed E-state index contributed by atoms with van der Waals surface area (Å²) in [6.45, 7) is 5.07. The standard InChI is InChI=1S/C17H27N3.HI/c1-13-7-6-8-15(11-13)14(2)12-19-17(18)20-16-9-4-3-5-10-16;/h6-8,11,14,16H,3-5,9-10,12H2,1-2H3,(H3,18,19,20);1H. The highest BCUT2D eigenvalue weighted by Gasteiger charge is 2.13. The number of rotatable bonds is 4. The smallest absolute Gasteiger partial charge is 0.188 e. The van der Waals surface area contributed by atoms with Gasteiger partial charge in [-0.25, -0.2) is 0 Å². The molecule has 3 N–H and O–H groups in total. The van der Waals surface area contributed by atoms with Crippen LogP contribution in [0.2, 0.25) is 0 Å². The van der Waals surface area contributed by atoms with Crippen LogP contribution in [0.5, 0.6) is 0 Å². The molecule has 1 aliphatic rings. The van der Waals surface area contributed by atoms with Gasteiger partial charge in [0, 0.05) is 18.5 Å². The van der Waals surface area contributed by atoms with Gasteiger partial charge in [0.25, 0.3) is 0 Å². The minimum absolute atomic E-state index is 0. The van der Waals surface area contributed by atoms with Gasteiger partial charge in [-0.15, -0.1) is 24.0 Å². The van der Waals surface area contributed by atoms with Crippen molar-refractivity contribution in [2.24, 2.45) is 10.7 Å². The fraction of sp³-hybridized carbons (Fsp3) is 0.588. The van der Waals surface area contributed by atoms with E-state index in [0.29, 0.717) is 17.9 Å². The van der Waals surface area contributed by atoms with E-state index in [9.17, 15) is 0 Å². The number of hydrogen-bond acceptors (Lipinski definition) is 1. The van der Waals surface area contributed by atoms with Crippen LogP contribution in [-0.2, 0) is 0 Å². The van der Waals surface area contributed by atoms with E-state index >= 15 is 0 Å². The van der Waals surface area contributed by atoms with Crippen molar-refractivity contribution in [1.82, 2.24) is 5.32 Å². The highest BCUT2D eigenvalue weighted by molar-refractivity contribution is 14.0. The predicted octanol–water partition coefficient (Wildman–Crippen LogP) is 3.95. The van der Waals surface area contributed by atoms with Gasteiger partial charge in [0.1, 0.15) is 0 Å². The average Bonchev–Trinajstić information content (AvgIpc) is 2.46. The topological polar surface area (TPSA) is 50.4 Å². The molecule has 0 saturated heterocycles. The zero-order valence-electron chi connectivity index (χ0n) is 13.1. The summed E-state index contributed by atoms with van der Waals surface area (Å²) in [5, 5.41) is 3.36. The van der Waals surface area contributed by atoms with Gasteiger partial charge in [0.15, 0.2) is 5.96 Å². The van der Waals surface area contributed by atoms with Crippen molar-refractivity contribution in [2.45, 2.75) is 57.9 Å². The molecule has 4 heteroatoms. The van der Waals surface area contributed by atoms with Crippen molar-refractivity contribution >= 4 is 29.9 Å². The molecule has 0 amide bonds. The van der Waals surface area contributed by atoms with E-state index in [-0.39, 0.29) is 24.0 Å². The second kappa shape index (κ2) is 9.28. The summed E-state index contributed by atoms with van der Waals surface area (Å²) in [6.07, 6.45) is 6.43. The lowest BCUT2D eigenvalue weighted by molar-refractivity contribution is 0.412. The van der Waals surface area contributed by atoms with Gasteiger partial charge >= 0.3 is 0 Å². The largest absolute Gasteiger partial charge is 0.370 e. The van der Waals surface area contributed by atoms with Crippen LogP contribution in [-0.4, -0.2) is 18.5 Å². The molecule has 1 aliphatic carbocycles. The minimum atomic E-state index is 0. The molecule has 21 heavy (non-hydrogen) atoms. The van der Waals surface area contributed by atoms with Crippen LogP contribution in [0.25, 0.3) is 0 Å². The number of nitrogens with zero attached hydrogens (tertiary/aromatic N) is 1. The molecule has 1 fully saturated rings. The van der Waals surface area contributed by atoms with Crippen molar-refractivity contribution in [3.05, 3.63) is 35.4 Å². The number of aliphatic imine (C=N–C) groups is 1. The minimum Gasteiger partial charge on any atom is -0.370 e. The SMILES string of the molecule is Cc1cccc(C(C)CN=C(N)NC2CCCCC2)c1.I. The lowest BCUT2D eigenvalue weighted by atomic mass is 9.96. The Balaban J connectivity index is 0.00000220. The zero-order valence-corrected chi connectivity index (χ0v) is 15.5. The van der Waals surface area contributed by atoms with Crippen molar-refractivity contribution < 1.29 is 0 Å². The summed E-state index contributed by atoms with van der Waals surface area (Å²) >= 11 is 0. The summed E-state index contributed by atoms with van der Waals surface area (Å²) in [5.74, 6) is 1.01. The van der Waals surface area contributed by atoms with Gasteiger partial charge in [-0.3, -0.25) is 4.99 Å². The Morgan fingerprint density at radius 3 is 2.71 bits per heavy atom. The van der Waals surface area contributed by atoms with E-state index in [1.807, 2.05) is 0 Å². The zero-order chi connectivity index (χ0) is 14.4. The Morgan fingerprint density at radius 2 is 2.05 bits per heavy atom. The average molecular weight is 401 g/mol. The Labute approximate surface area is 145 Å². The molecule has 118 valence electrons. The monoisotopic (exact) mass is 401 g/mol. The summed E-state index contributed by atoms with van der Waals surface area (Å²) < 4.78 is 0. The Morgan fingerprint density at radius 1 is 1.33 bits per heavy atom. The second-order valence-corrected chi connectivity index (χ2v) is 6.02. The third-order valence-corrected chi connectivity index (χ3v) is 4.10. The molecule has 0 radical (unpaired) electrons. The molecule has 3 nitrogen and oxygen atoms in total. The highest BCUT2D eigenvalue weighted by atomic mass is 127. The van der Waals surface area contributed by atoms with Crippen LogP contribution in [0.15, 0.2) is 29.3 Å². The van der Waals surface area contributed by atoms with Crippen LogP contribution in [0.4, 0.5) is 0 Å². The van der Waals surface area contributed by atoms with Crippen LogP contribution >= 0.6 is 24.0 Å². The molecule has 0 aliphatic heterocycles. The third-order valence-electron chi connectivity index (χ3n) is 4.10. The van der Waals surface area contributed by atoms with Crippen molar-refractivity contribution in [2.75, 3.05) is 6.54 Å². The van der Waals surface area contributed by atoms with E-state index in [1.165, 1.54) is 43.2 Å². The van der Waals surface area contributed by atoms with Crippen molar-refractivity contribution in [1.29, 1.82) is 0 Å². The lowest BCUT2D eigenvalue weighted by Gasteiger charge is -2.23. The summed E-state index contributed by atoms with van der Waals surface area (Å²) in [5.41, 5.74) is 8.63. The van der Waals surface area contributed by atoms with Gasteiger partial charge in [0.2, 0.25) is 0 Å². The fourth-order valence-electron chi connectivity index (χ4n) is 2.82. The number of guanidine groups is 1. The molecule has 1 atom stereocenters. The summed E-state index contributed by atoms with van der Waals surface area (Å²) in [7, 11) is 0. The normalized spacial score (nSPS) is 17.9. The molecule has 0 spiro atoms. The van der Waals surface area contributed by atoms with Crippen LogP contribution in [0, 0.1) is 6.92 Å². The van der Waals surface area contributed by atoms with Crippen LogP contribution in [0.1, 0.15) is 56.1 Å². The van der Waals surface area contributed by atoms with Crippen molar-refractivity contribution in [3.8, 4) is 0 Å². The molecule has 0 heterocycles. The highest BCUT2D eigenvalue weighted by Crippen LogP contribution is 2.18. The Kier molecular flexibility index (Phi) is 8.07. The first kappa shape index (κ1) is 18.3. The first-order chi connectivity index (χ1) is 9.65. The molecule has 1 aromatic carbocycles. The van der Waals surface area contributed by atoms with E-state index in [0.717, 1.165) is 6.54 Å². The van der Waals surface area contributed by atoms with Crippen molar-refractivity contribution in [3.63, 3.8) is 0 Å². The van der Waals surface area contributed by atoms with Crippen LogP contribution in [0.3, 0.4) is 0 Å². The summed E-state index contributed by atoms with van der Waals surface area (Å²) in [6, 6.07) is 9.15. The predicted molar refractivity (Wildman–Crippen MR) is 102 cm³/mol. The number of hydrogen-bond donors (Lipinski definition) is 2. The fourth-order valence-corrected chi connectivity index (χ4v) is 2.82. The molecule has 1 aromatic rings. The maximum absolute atomic E-state index is 6.00. The maximum Gasteiger partial charge on any atom is 0.188 e. The second-order valence-electron chi connectivity index (χ2n) is 6.02. The molecule has 1 saturated carbocycles. The molecule has 2 rings (SSSR count). The van der Waals surface area contributed by atoms with E-state index < -0.39 is 0 Å². The Hall–Kier alpha value is -0.780. The molecule has 0 aromatic heterocycles. The van der Waals surface area contributed by atoms with Gasteiger partial charge in [-0.2, -0.15) is 0 Å². The lowest BCUT2D eigenvalue weighted by Crippen LogP contribution is -2.41. The van der Waals surface area contributed by atoms with Gasteiger partial charge in [-0.1, -0.05) is 56.0 Å². The number of nitrogens with two attached hydrogens (primary N) is 1.